The molecule has 0 aliphatic heterocycles. The number of halogens is 3. The average Bonchev–Trinajstić information content (AvgIpc) is 3.18. The summed E-state index contributed by atoms with van der Waals surface area (Å²) < 4.78 is 3.20. The zero-order chi connectivity index (χ0) is 23.5. The SMILES string of the molecule is Cc1ccc(NC(=O)CSc2nc3ccc(N=Cc4cc(Br)cc(Br)c4O)cc3s2)cc1Cl. The lowest BCUT2D eigenvalue weighted by Crippen LogP contribution is -2.13. The third kappa shape index (κ3) is 6.16. The highest BCUT2D eigenvalue weighted by Gasteiger charge is 2.10. The molecule has 0 saturated carbocycles. The largest absolute Gasteiger partial charge is 0.506 e. The molecule has 2 N–H and O–H groups in total. The molecule has 4 aromatic rings. The van der Waals surface area contributed by atoms with Gasteiger partial charge in [0, 0.05) is 27.0 Å². The van der Waals surface area contributed by atoms with Gasteiger partial charge in [-0.3, -0.25) is 9.79 Å². The number of hydrogen-bond donors (Lipinski definition) is 2. The highest BCUT2D eigenvalue weighted by molar-refractivity contribution is 9.11. The van der Waals surface area contributed by atoms with Gasteiger partial charge in [0.25, 0.3) is 0 Å². The number of aryl methyl sites for hydroxylation is 1. The van der Waals surface area contributed by atoms with E-state index in [1.165, 1.54) is 23.1 Å². The van der Waals surface area contributed by atoms with Gasteiger partial charge in [-0.15, -0.1) is 11.3 Å². The predicted molar refractivity (Wildman–Crippen MR) is 146 cm³/mol. The fourth-order valence-electron chi connectivity index (χ4n) is 2.86. The fraction of sp³-hybridized carbons (Fsp3) is 0.0870. The Labute approximate surface area is 220 Å². The number of nitrogens with zero attached hydrogens (tertiary/aromatic N) is 2. The number of fused-ring (bicyclic) bond motifs is 1. The van der Waals surface area contributed by atoms with Crippen molar-refractivity contribution in [2.45, 2.75) is 11.3 Å². The van der Waals surface area contributed by atoms with Crippen molar-refractivity contribution in [2.75, 3.05) is 11.1 Å². The molecule has 10 heteroatoms. The van der Waals surface area contributed by atoms with Crippen LogP contribution in [-0.2, 0) is 4.79 Å². The second kappa shape index (κ2) is 10.6. The first-order chi connectivity index (χ1) is 15.8. The van der Waals surface area contributed by atoms with Crippen LogP contribution in [0.5, 0.6) is 5.75 Å². The summed E-state index contributed by atoms with van der Waals surface area (Å²) >= 11 is 15.7. The molecule has 1 amide bonds. The van der Waals surface area contributed by atoms with E-state index in [1.54, 1.807) is 24.4 Å². The predicted octanol–water partition coefficient (Wildman–Crippen LogP) is 7.97. The number of thioether (sulfide) groups is 1. The van der Waals surface area contributed by atoms with Crippen molar-refractivity contribution < 1.29 is 9.90 Å². The topological polar surface area (TPSA) is 74.6 Å². The zero-order valence-corrected chi connectivity index (χ0v) is 22.7. The van der Waals surface area contributed by atoms with E-state index in [1.807, 2.05) is 37.3 Å². The Hall–Kier alpha value is -1.91. The molecule has 0 unspecified atom stereocenters. The summed E-state index contributed by atoms with van der Waals surface area (Å²) in [5, 5.41) is 13.7. The Morgan fingerprint density at radius 2 is 2.06 bits per heavy atom. The van der Waals surface area contributed by atoms with Gasteiger partial charge in [0.15, 0.2) is 4.34 Å². The van der Waals surface area contributed by atoms with E-state index in [0.29, 0.717) is 20.7 Å². The van der Waals surface area contributed by atoms with E-state index in [0.717, 1.165) is 30.3 Å². The molecule has 0 bridgehead atoms. The lowest BCUT2D eigenvalue weighted by molar-refractivity contribution is -0.113. The molecule has 0 saturated heterocycles. The molecule has 0 spiro atoms. The Balaban J connectivity index is 1.42. The Bertz CT molecular complexity index is 1390. The fourth-order valence-corrected chi connectivity index (χ4v) is 6.20. The summed E-state index contributed by atoms with van der Waals surface area (Å²) in [5.74, 6) is 0.253. The molecular weight excluding hydrogens is 610 g/mol. The van der Waals surface area contributed by atoms with Crippen molar-refractivity contribution in [1.82, 2.24) is 4.98 Å². The summed E-state index contributed by atoms with van der Waals surface area (Å²) in [6.07, 6.45) is 1.62. The number of nitrogens with one attached hydrogen (secondary N) is 1. The molecule has 3 aromatic carbocycles. The van der Waals surface area contributed by atoms with Crippen molar-refractivity contribution in [2.24, 2.45) is 4.99 Å². The molecule has 0 radical (unpaired) electrons. The number of hydrogen-bond acceptors (Lipinski definition) is 6. The number of thiazole rings is 1. The Morgan fingerprint density at radius 3 is 2.85 bits per heavy atom. The van der Waals surface area contributed by atoms with Crippen molar-refractivity contribution in [3.63, 3.8) is 0 Å². The van der Waals surface area contributed by atoms with Crippen LogP contribution in [0.15, 0.2) is 66.8 Å². The number of aromatic hydroxyl groups is 1. The molecule has 1 heterocycles. The summed E-state index contributed by atoms with van der Waals surface area (Å²) in [6, 6.07) is 14.7. The maximum atomic E-state index is 12.3. The number of rotatable bonds is 6. The van der Waals surface area contributed by atoms with Crippen molar-refractivity contribution in [1.29, 1.82) is 0 Å². The van der Waals surface area contributed by atoms with Crippen LogP contribution in [0.1, 0.15) is 11.1 Å². The summed E-state index contributed by atoms with van der Waals surface area (Å²) in [4.78, 5) is 21.4. The first kappa shape index (κ1) is 24.2. The lowest BCUT2D eigenvalue weighted by atomic mass is 10.2. The maximum absolute atomic E-state index is 12.3. The van der Waals surface area contributed by atoms with Gasteiger partial charge in [-0.2, -0.15) is 0 Å². The van der Waals surface area contributed by atoms with Gasteiger partial charge in [0.1, 0.15) is 5.75 Å². The molecule has 33 heavy (non-hydrogen) atoms. The molecule has 4 rings (SSSR count). The average molecular weight is 626 g/mol. The van der Waals surface area contributed by atoms with Crippen LogP contribution in [0.2, 0.25) is 5.02 Å². The molecule has 5 nitrogen and oxygen atoms in total. The van der Waals surface area contributed by atoms with Crippen LogP contribution in [0.4, 0.5) is 11.4 Å². The summed E-state index contributed by atoms with van der Waals surface area (Å²) in [6.45, 7) is 1.91. The van der Waals surface area contributed by atoms with Crippen molar-refractivity contribution in [3.8, 4) is 5.75 Å². The van der Waals surface area contributed by atoms with E-state index < -0.39 is 0 Å². The van der Waals surface area contributed by atoms with Crippen LogP contribution in [-0.4, -0.2) is 28.0 Å². The minimum Gasteiger partial charge on any atom is -0.506 e. The normalized spacial score (nSPS) is 11.4. The summed E-state index contributed by atoms with van der Waals surface area (Å²) in [7, 11) is 0. The molecule has 0 aliphatic carbocycles. The number of amides is 1. The zero-order valence-electron chi connectivity index (χ0n) is 17.1. The first-order valence-electron chi connectivity index (χ1n) is 9.60. The monoisotopic (exact) mass is 623 g/mol. The van der Waals surface area contributed by atoms with E-state index in [9.17, 15) is 9.90 Å². The van der Waals surface area contributed by atoms with Gasteiger partial charge in [0.2, 0.25) is 5.91 Å². The highest BCUT2D eigenvalue weighted by atomic mass is 79.9. The maximum Gasteiger partial charge on any atom is 0.234 e. The van der Waals surface area contributed by atoms with Crippen LogP contribution in [0, 0.1) is 6.92 Å². The molecule has 0 atom stereocenters. The van der Waals surface area contributed by atoms with Crippen LogP contribution >= 0.6 is 66.6 Å². The van der Waals surface area contributed by atoms with Gasteiger partial charge in [0.05, 0.1) is 26.1 Å². The van der Waals surface area contributed by atoms with Gasteiger partial charge in [-0.25, -0.2) is 4.98 Å². The van der Waals surface area contributed by atoms with E-state index in [-0.39, 0.29) is 17.4 Å². The van der Waals surface area contributed by atoms with Crippen molar-refractivity contribution in [3.05, 3.63) is 73.6 Å². The number of phenolic OH excluding ortho intramolecular Hbond substituents is 1. The van der Waals surface area contributed by atoms with Crippen LogP contribution in [0.3, 0.4) is 0 Å². The molecular formula is C23H16Br2ClN3O2S2. The van der Waals surface area contributed by atoms with Gasteiger partial charge in [-0.05, 0) is 70.9 Å². The number of benzene rings is 3. The van der Waals surface area contributed by atoms with Crippen molar-refractivity contribution >= 4 is 100 Å². The first-order valence-corrected chi connectivity index (χ1v) is 13.4. The van der Waals surface area contributed by atoms with Crippen LogP contribution < -0.4 is 5.32 Å². The quantitative estimate of drug-likeness (QED) is 0.168. The second-order valence-corrected chi connectivity index (χ2v) is 11.4. The third-order valence-corrected chi connectivity index (χ3v) is 8.18. The lowest BCUT2D eigenvalue weighted by Gasteiger charge is -2.06. The van der Waals surface area contributed by atoms with Gasteiger partial charge >= 0.3 is 0 Å². The highest BCUT2D eigenvalue weighted by Crippen LogP contribution is 2.33. The molecule has 0 fully saturated rings. The number of phenols is 1. The number of aromatic nitrogens is 1. The molecule has 168 valence electrons. The van der Waals surface area contributed by atoms with Gasteiger partial charge < -0.3 is 10.4 Å². The number of aliphatic imine (C=N–C) groups is 1. The number of carbonyl (C=O) groups excluding carboxylic acids is 1. The molecule has 0 aliphatic rings. The smallest absolute Gasteiger partial charge is 0.234 e. The standard InChI is InChI=1S/C23H16Br2ClN3O2S2/c1-12-2-3-16(8-18(12)26)28-21(30)11-32-23-29-19-5-4-15(9-20(19)33-23)27-10-13-6-14(24)7-17(25)22(13)31/h2-10,31H,11H2,1H3,(H,28,30). The van der Waals surface area contributed by atoms with Gasteiger partial charge in [-0.1, -0.05) is 45.4 Å². The van der Waals surface area contributed by atoms with Crippen LogP contribution in [0.25, 0.3) is 10.2 Å². The molecule has 1 aromatic heterocycles. The third-order valence-electron chi connectivity index (χ3n) is 4.55. The van der Waals surface area contributed by atoms with E-state index in [2.05, 4.69) is 47.2 Å². The minimum atomic E-state index is -0.121. The van der Waals surface area contributed by atoms with E-state index >= 15 is 0 Å². The summed E-state index contributed by atoms with van der Waals surface area (Å²) in [5.41, 5.74) is 3.82. The Morgan fingerprint density at radius 1 is 1.24 bits per heavy atom. The minimum absolute atomic E-state index is 0.121. The van der Waals surface area contributed by atoms with E-state index in [4.69, 9.17) is 11.6 Å². The number of carbonyl (C=O) groups is 1. The second-order valence-electron chi connectivity index (χ2n) is 7.02. The Kier molecular flexibility index (Phi) is 7.76. The number of anilines is 1.